The van der Waals surface area contributed by atoms with E-state index in [9.17, 15) is 9.50 Å². The molecule has 1 aromatic rings. The van der Waals surface area contributed by atoms with Crippen LogP contribution in [-0.4, -0.2) is 17.3 Å². The fraction of sp³-hybridized carbons (Fsp3) is 0.538. The maximum Gasteiger partial charge on any atom is 0.123 e. The Kier molecular flexibility index (Phi) is 4.44. The van der Waals surface area contributed by atoms with Crippen LogP contribution >= 0.6 is 0 Å². The number of aryl methyl sites for hydroxylation is 1. The molecule has 1 aromatic carbocycles. The maximum atomic E-state index is 12.9. The quantitative estimate of drug-likeness (QED) is 0.806. The molecule has 0 aliphatic heterocycles. The van der Waals surface area contributed by atoms with Crippen molar-refractivity contribution in [3.63, 3.8) is 0 Å². The van der Waals surface area contributed by atoms with Crippen LogP contribution in [0.2, 0.25) is 0 Å². The van der Waals surface area contributed by atoms with Crippen LogP contribution in [0.3, 0.4) is 0 Å². The minimum absolute atomic E-state index is 0.101. The predicted octanol–water partition coefficient (Wildman–Crippen LogP) is 2.38. The first kappa shape index (κ1) is 13.1. The Labute approximate surface area is 96.5 Å². The van der Waals surface area contributed by atoms with Gasteiger partial charge in [0.1, 0.15) is 5.82 Å². The average Bonchev–Trinajstić information content (AvgIpc) is 2.27. The minimum Gasteiger partial charge on any atom is -0.394 e. The summed E-state index contributed by atoms with van der Waals surface area (Å²) in [6.07, 6.45) is 0.851. The zero-order valence-corrected chi connectivity index (χ0v) is 10.2. The first-order valence-corrected chi connectivity index (χ1v) is 5.61. The van der Waals surface area contributed by atoms with Crippen LogP contribution in [0.1, 0.15) is 31.4 Å². The van der Waals surface area contributed by atoms with Crippen LogP contribution < -0.4 is 5.32 Å². The van der Waals surface area contributed by atoms with E-state index in [1.165, 1.54) is 12.1 Å². The number of aliphatic hydroxyl groups is 1. The molecule has 1 rings (SSSR count). The molecule has 1 atom stereocenters. The van der Waals surface area contributed by atoms with Crippen molar-refractivity contribution in [3.8, 4) is 0 Å². The lowest BCUT2D eigenvalue weighted by molar-refractivity contribution is 0.169. The Bertz CT molecular complexity index is 348. The molecule has 0 spiro atoms. The highest BCUT2D eigenvalue weighted by Gasteiger charge is 2.19. The highest BCUT2D eigenvalue weighted by molar-refractivity contribution is 5.26. The molecular weight excluding hydrogens is 205 g/mol. The monoisotopic (exact) mass is 225 g/mol. The lowest BCUT2D eigenvalue weighted by Gasteiger charge is -2.27. The van der Waals surface area contributed by atoms with Gasteiger partial charge in [-0.15, -0.1) is 0 Å². The Balaban J connectivity index is 2.67. The van der Waals surface area contributed by atoms with Gasteiger partial charge in [-0.3, -0.25) is 0 Å². The number of aliphatic hydroxyl groups excluding tert-OH is 1. The molecule has 3 heteroatoms. The van der Waals surface area contributed by atoms with E-state index in [2.05, 4.69) is 5.32 Å². The van der Waals surface area contributed by atoms with Crippen LogP contribution in [-0.2, 0) is 6.54 Å². The third-order valence-corrected chi connectivity index (χ3v) is 3.14. The van der Waals surface area contributed by atoms with E-state index in [1.54, 1.807) is 6.07 Å². The first-order chi connectivity index (χ1) is 7.50. The Morgan fingerprint density at radius 2 is 2.12 bits per heavy atom. The molecule has 0 radical (unpaired) electrons. The summed E-state index contributed by atoms with van der Waals surface area (Å²) in [5.41, 5.74) is 1.74. The molecule has 1 unspecified atom stereocenters. The molecule has 0 aliphatic carbocycles. The third kappa shape index (κ3) is 3.29. The van der Waals surface area contributed by atoms with E-state index >= 15 is 0 Å². The number of benzene rings is 1. The molecule has 0 saturated carbocycles. The Morgan fingerprint density at radius 3 is 2.62 bits per heavy atom. The van der Waals surface area contributed by atoms with Gasteiger partial charge in [0.05, 0.1) is 6.61 Å². The maximum absolute atomic E-state index is 12.9. The van der Waals surface area contributed by atoms with Gasteiger partial charge in [-0.2, -0.15) is 0 Å². The van der Waals surface area contributed by atoms with Crippen molar-refractivity contribution >= 4 is 0 Å². The Morgan fingerprint density at radius 1 is 1.44 bits per heavy atom. The average molecular weight is 225 g/mol. The molecule has 0 bridgehead atoms. The van der Waals surface area contributed by atoms with Crippen LogP contribution in [0.5, 0.6) is 0 Å². The predicted molar refractivity (Wildman–Crippen MR) is 63.8 cm³/mol. The lowest BCUT2D eigenvalue weighted by atomic mass is 9.99. The smallest absolute Gasteiger partial charge is 0.123 e. The van der Waals surface area contributed by atoms with Gasteiger partial charge in [0.2, 0.25) is 0 Å². The summed E-state index contributed by atoms with van der Waals surface area (Å²) < 4.78 is 12.9. The summed E-state index contributed by atoms with van der Waals surface area (Å²) in [7, 11) is 0. The molecule has 0 amide bonds. The van der Waals surface area contributed by atoms with Crippen LogP contribution in [0.15, 0.2) is 18.2 Å². The largest absolute Gasteiger partial charge is 0.394 e. The second-order valence-corrected chi connectivity index (χ2v) is 4.50. The number of hydrogen-bond acceptors (Lipinski definition) is 2. The van der Waals surface area contributed by atoms with Gasteiger partial charge in [0.15, 0.2) is 0 Å². The topological polar surface area (TPSA) is 32.3 Å². The van der Waals surface area contributed by atoms with Crippen molar-refractivity contribution in [1.29, 1.82) is 0 Å². The molecule has 0 fully saturated rings. The van der Waals surface area contributed by atoms with E-state index in [1.807, 2.05) is 20.8 Å². The molecule has 2 N–H and O–H groups in total. The summed E-state index contributed by atoms with van der Waals surface area (Å²) >= 11 is 0. The van der Waals surface area contributed by atoms with Crippen LogP contribution in [0, 0.1) is 12.7 Å². The second-order valence-electron chi connectivity index (χ2n) is 4.50. The highest BCUT2D eigenvalue weighted by atomic mass is 19.1. The summed E-state index contributed by atoms with van der Waals surface area (Å²) in [6, 6.07) is 4.77. The van der Waals surface area contributed by atoms with Crippen molar-refractivity contribution in [2.24, 2.45) is 0 Å². The van der Waals surface area contributed by atoms with E-state index in [-0.39, 0.29) is 18.0 Å². The molecule has 0 aliphatic rings. The summed E-state index contributed by atoms with van der Waals surface area (Å²) in [5.74, 6) is -0.207. The van der Waals surface area contributed by atoms with Gasteiger partial charge in [-0.05, 0) is 43.5 Å². The summed E-state index contributed by atoms with van der Waals surface area (Å²) in [5, 5.41) is 12.6. The first-order valence-electron chi connectivity index (χ1n) is 5.61. The standard InChI is InChI=1S/C13H20FNO/c1-4-13(3,9-16)15-8-11-5-6-12(14)7-10(11)2/h5-7,15-16H,4,8-9H2,1-3H3. The molecule has 16 heavy (non-hydrogen) atoms. The molecule has 2 nitrogen and oxygen atoms in total. The molecule has 90 valence electrons. The zero-order valence-electron chi connectivity index (χ0n) is 10.2. The summed E-state index contributed by atoms with van der Waals surface area (Å²) in [4.78, 5) is 0. The second kappa shape index (κ2) is 5.41. The number of nitrogens with one attached hydrogen (secondary N) is 1. The van der Waals surface area contributed by atoms with Gasteiger partial charge >= 0.3 is 0 Å². The van der Waals surface area contributed by atoms with Gasteiger partial charge in [-0.25, -0.2) is 4.39 Å². The van der Waals surface area contributed by atoms with Gasteiger partial charge in [0.25, 0.3) is 0 Å². The van der Waals surface area contributed by atoms with E-state index in [0.29, 0.717) is 6.54 Å². The van der Waals surface area contributed by atoms with Gasteiger partial charge in [-0.1, -0.05) is 13.0 Å². The van der Waals surface area contributed by atoms with Gasteiger partial charge in [0, 0.05) is 12.1 Å². The minimum atomic E-state index is -0.263. The number of halogens is 1. The van der Waals surface area contributed by atoms with Crippen LogP contribution in [0.4, 0.5) is 4.39 Å². The molecular formula is C13H20FNO. The molecule has 0 saturated heterocycles. The van der Waals surface area contributed by atoms with E-state index < -0.39 is 0 Å². The van der Waals surface area contributed by atoms with Gasteiger partial charge < -0.3 is 10.4 Å². The van der Waals surface area contributed by atoms with Crippen molar-refractivity contribution in [2.45, 2.75) is 39.3 Å². The fourth-order valence-corrected chi connectivity index (χ4v) is 1.46. The SMILES string of the molecule is CCC(C)(CO)NCc1ccc(F)cc1C. The van der Waals surface area contributed by atoms with E-state index in [4.69, 9.17) is 0 Å². The highest BCUT2D eigenvalue weighted by Crippen LogP contribution is 2.13. The van der Waals surface area contributed by atoms with Crippen molar-refractivity contribution < 1.29 is 9.50 Å². The summed E-state index contributed by atoms with van der Waals surface area (Å²) in [6.45, 7) is 6.65. The fourth-order valence-electron chi connectivity index (χ4n) is 1.46. The van der Waals surface area contributed by atoms with Crippen molar-refractivity contribution in [2.75, 3.05) is 6.61 Å². The molecule has 0 heterocycles. The van der Waals surface area contributed by atoms with E-state index in [0.717, 1.165) is 17.5 Å². The number of rotatable bonds is 5. The normalized spacial score (nSPS) is 14.8. The van der Waals surface area contributed by atoms with Crippen molar-refractivity contribution in [1.82, 2.24) is 5.32 Å². The van der Waals surface area contributed by atoms with Crippen LogP contribution in [0.25, 0.3) is 0 Å². The number of hydrogen-bond donors (Lipinski definition) is 2. The Hall–Kier alpha value is -0.930. The zero-order chi connectivity index (χ0) is 12.2. The third-order valence-electron chi connectivity index (χ3n) is 3.14. The van der Waals surface area contributed by atoms with Crippen molar-refractivity contribution in [3.05, 3.63) is 35.1 Å². The molecule has 0 aromatic heterocycles. The lowest BCUT2D eigenvalue weighted by Crippen LogP contribution is -2.44.